The van der Waals surface area contributed by atoms with Crippen molar-refractivity contribution in [2.24, 2.45) is 20.0 Å². The van der Waals surface area contributed by atoms with E-state index in [1.807, 2.05) is 73.7 Å². The minimum Gasteiger partial charge on any atom is -0.465 e. The Bertz CT molecular complexity index is 1360. The van der Waals surface area contributed by atoms with Crippen LogP contribution in [0.2, 0.25) is 0 Å². The van der Waals surface area contributed by atoms with Gasteiger partial charge in [-0.1, -0.05) is 42.3 Å². The van der Waals surface area contributed by atoms with Crippen molar-refractivity contribution in [1.82, 2.24) is 8.87 Å². The van der Waals surface area contributed by atoms with Crippen molar-refractivity contribution in [1.29, 1.82) is 0 Å². The first-order chi connectivity index (χ1) is 16.6. The molecule has 1 aromatic heterocycles. The molecule has 3 aromatic rings. The van der Waals surface area contributed by atoms with Crippen LogP contribution in [0.25, 0.3) is 5.57 Å². The van der Waals surface area contributed by atoms with E-state index in [0.29, 0.717) is 17.0 Å². The van der Waals surface area contributed by atoms with Crippen molar-refractivity contribution in [3.05, 3.63) is 83.1 Å². The standard InChI is InChI=1S/C26H30BN3O4S/c1-18-6-12-22(13-7-18)35(32,33)30-16-19(2)24(20-8-10-21(11-9-20)25(31)34-5)23(17-30)27-26-28(3)14-15-29(26)4/h6-15,19H,16-17H2,1-5H3. The van der Waals surface area contributed by atoms with Crippen molar-refractivity contribution in [3.63, 3.8) is 0 Å². The van der Waals surface area contributed by atoms with Gasteiger partial charge in [0.25, 0.3) is 0 Å². The summed E-state index contributed by atoms with van der Waals surface area (Å²) in [6.45, 7) is 4.59. The number of esters is 1. The van der Waals surface area contributed by atoms with E-state index in [1.54, 1.807) is 28.6 Å². The number of carbonyl (C=O) groups excluding carboxylic acids is 1. The Morgan fingerprint density at radius 1 is 1.11 bits per heavy atom. The predicted octanol–water partition coefficient (Wildman–Crippen LogP) is 2.03. The fourth-order valence-corrected chi connectivity index (χ4v) is 6.06. The van der Waals surface area contributed by atoms with Crippen LogP contribution in [0.3, 0.4) is 0 Å². The number of sulfonamides is 1. The largest absolute Gasteiger partial charge is 0.465 e. The van der Waals surface area contributed by atoms with Crippen LogP contribution in [0.4, 0.5) is 0 Å². The molecular formula is C26H30BN3O4S. The Morgan fingerprint density at radius 3 is 2.34 bits per heavy atom. The molecule has 1 unspecified atom stereocenters. The fourth-order valence-electron chi connectivity index (χ4n) is 4.55. The van der Waals surface area contributed by atoms with Gasteiger partial charge in [0.1, 0.15) is 12.4 Å². The number of carbonyl (C=O) groups is 1. The second-order valence-electron chi connectivity index (χ2n) is 9.04. The van der Waals surface area contributed by atoms with Crippen LogP contribution in [0.15, 0.2) is 71.3 Å². The molecule has 7 nitrogen and oxygen atoms in total. The number of methoxy groups -OCH3 is 1. The summed E-state index contributed by atoms with van der Waals surface area (Å²) in [5.41, 5.74) is 5.38. The number of aryl methyl sites for hydroxylation is 3. The Labute approximate surface area is 207 Å². The molecule has 0 amide bonds. The van der Waals surface area contributed by atoms with E-state index in [0.717, 1.165) is 27.9 Å². The van der Waals surface area contributed by atoms with Crippen LogP contribution in [0, 0.1) is 12.8 Å². The van der Waals surface area contributed by atoms with Gasteiger partial charge >= 0.3 is 5.97 Å². The van der Waals surface area contributed by atoms with Crippen LogP contribution in [-0.4, -0.2) is 50.7 Å². The number of rotatable bonds is 6. The average molecular weight is 491 g/mol. The van der Waals surface area contributed by atoms with Crippen LogP contribution in [-0.2, 0) is 28.9 Å². The normalized spacial score (nSPS) is 17.0. The van der Waals surface area contributed by atoms with Gasteiger partial charge < -0.3 is 4.74 Å². The summed E-state index contributed by atoms with van der Waals surface area (Å²) in [6.07, 6.45) is 3.93. The zero-order valence-corrected chi connectivity index (χ0v) is 21.5. The molecule has 35 heavy (non-hydrogen) atoms. The molecule has 1 aliphatic heterocycles. The van der Waals surface area contributed by atoms with Gasteiger partial charge in [-0.05, 0) is 49.2 Å². The van der Waals surface area contributed by atoms with Gasteiger partial charge in [-0.25, -0.2) is 13.2 Å². The van der Waals surface area contributed by atoms with Crippen molar-refractivity contribution in [2.75, 3.05) is 20.2 Å². The minimum absolute atomic E-state index is 0.0650. The number of imidazole rings is 1. The summed E-state index contributed by atoms with van der Waals surface area (Å²) in [7, 11) is 3.67. The van der Waals surface area contributed by atoms with E-state index in [1.165, 1.54) is 7.11 Å². The third-order valence-electron chi connectivity index (χ3n) is 6.48. The Kier molecular flexibility index (Phi) is 7.01. The lowest BCUT2D eigenvalue weighted by molar-refractivity contribution is -0.652. The molecule has 182 valence electrons. The zero-order valence-electron chi connectivity index (χ0n) is 20.7. The Balaban J connectivity index is 1.78. The van der Waals surface area contributed by atoms with E-state index in [2.05, 4.69) is 7.28 Å². The SMILES string of the molecule is COC(=O)c1ccc(C2=C([B-]c3n(C)cc[n+]3C)CN(S(=O)(=O)c3ccc(C)cc3)CC2C)cc1. The summed E-state index contributed by atoms with van der Waals surface area (Å²) >= 11 is 0. The maximum atomic E-state index is 13.5. The van der Waals surface area contributed by atoms with Gasteiger partial charge in [0.2, 0.25) is 10.0 Å². The summed E-state index contributed by atoms with van der Waals surface area (Å²) in [4.78, 5) is 12.2. The molecule has 0 aliphatic carbocycles. The molecular weight excluding hydrogens is 461 g/mol. The molecule has 0 fully saturated rings. The quantitative estimate of drug-likeness (QED) is 0.301. The highest BCUT2D eigenvalue weighted by atomic mass is 32.2. The number of hydrogen-bond donors (Lipinski definition) is 0. The van der Waals surface area contributed by atoms with Gasteiger partial charge in [-0.15, -0.1) is 7.28 Å². The van der Waals surface area contributed by atoms with E-state index in [9.17, 15) is 13.2 Å². The summed E-state index contributed by atoms with van der Waals surface area (Å²) in [5, 5.41) is 0. The van der Waals surface area contributed by atoms with E-state index in [-0.39, 0.29) is 18.4 Å². The molecule has 9 heteroatoms. The fraction of sp³-hybridized carbons (Fsp3) is 0.308. The molecule has 2 aromatic carbocycles. The number of aromatic nitrogens is 2. The van der Waals surface area contributed by atoms with E-state index >= 15 is 0 Å². The number of nitrogens with zero attached hydrogens (tertiary/aromatic N) is 3. The van der Waals surface area contributed by atoms with E-state index in [4.69, 9.17) is 4.74 Å². The second kappa shape index (κ2) is 9.83. The first-order valence-corrected chi connectivity index (χ1v) is 12.9. The van der Waals surface area contributed by atoms with Crippen LogP contribution in [0.5, 0.6) is 0 Å². The molecule has 1 aliphatic rings. The molecule has 2 radical (unpaired) electrons. The third kappa shape index (κ3) is 4.97. The zero-order chi connectivity index (χ0) is 25.3. The average Bonchev–Trinajstić information content (AvgIpc) is 3.16. The van der Waals surface area contributed by atoms with Crippen molar-refractivity contribution in [3.8, 4) is 0 Å². The topological polar surface area (TPSA) is 72.5 Å². The maximum Gasteiger partial charge on any atom is 0.337 e. The molecule has 1 atom stereocenters. The van der Waals surface area contributed by atoms with E-state index < -0.39 is 10.0 Å². The van der Waals surface area contributed by atoms with Crippen molar-refractivity contribution < 1.29 is 22.5 Å². The first kappa shape index (κ1) is 24.9. The lowest BCUT2D eigenvalue weighted by Gasteiger charge is -2.39. The number of hydrogen-bond acceptors (Lipinski definition) is 4. The maximum absolute atomic E-state index is 13.5. The van der Waals surface area contributed by atoms with Crippen LogP contribution >= 0.6 is 0 Å². The highest BCUT2D eigenvalue weighted by Gasteiger charge is 2.31. The van der Waals surface area contributed by atoms with Crippen molar-refractivity contribution in [2.45, 2.75) is 18.7 Å². The Morgan fingerprint density at radius 2 is 1.77 bits per heavy atom. The first-order valence-electron chi connectivity index (χ1n) is 11.5. The smallest absolute Gasteiger partial charge is 0.337 e. The summed E-state index contributed by atoms with van der Waals surface area (Å²) < 4.78 is 37.5. The molecule has 0 saturated carbocycles. The highest BCUT2D eigenvalue weighted by Crippen LogP contribution is 2.34. The Hall–Kier alpha value is -3.17. The van der Waals surface area contributed by atoms with Crippen molar-refractivity contribution >= 4 is 34.6 Å². The summed E-state index contributed by atoms with van der Waals surface area (Å²) in [6, 6.07) is 14.3. The lowest BCUT2D eigenvalue weighted by atomic mass is 9.62. The van der Waals surface area contributed by atoms with Gasteiger partial charge in [-0.3, -0.25) is 14.6 Å². The molecule has 0 bridgehead atoms. The molecule has 2 heterocycles. The molecule has 4 rings (SSSR count). The second-order valence-corrected chi connectivity index (χ2v) is 11.0. The van der Waals surface area contributed by atoms with Crippen LogP contribution < -0.4 is 10.3 Å². The van der Waals surface area contributed by atoms with Crippen LogP contribution in [0.1, 0.15) is 28.4 Å². The highest BCUT2D eigenvalue weighted by molar-refractivity contribution is 7.89. The van der Waals surface area contributed by atoms with Gasteiger partial charge in [0.05, 0.1) is 31.7 Å². The number of benzene rings is 2. The molecule has 0 saturated heterocycles. The monoisotopic (exact) mass is 491 g/mol. The predicted molar refractivity (Wildman–Crippen MR) is 136 cm³/mol. The third-order valence-corrected chi connectivity index (χ3v) is 8.30. The van der Waals surface area contributed by atoms with Gasteiger partial charge in [0, 0.05) is 12.3 Å². The minimum atomic E-state index is -3.67. The van der Waals surface area contributed by atoms with Gasteiger partial charge in [-0.2, -0.15) is 4.31 Å². The lowest BCUT2D eigenvalue weighted by Crippen LogP contribution is -2.52. The molecule has 0 N–H and O–H groups in total. The number of ether oxygens (including phenoxy) is 1. The van der Waals surface area contributed by atoms with Gasteiger partial charge in [0.15, 0.2) is 0 Å². The molecule has 0 spiro atoms. The summed E-state index contributed by atoms with van der Waals surface area (Å²) in [5.74, 6) is -0.454.